The van der Waals surface area contributed by atoms with Crippen LogP contribution in [0.15, 0.2) is 60.8 Å². The van der Waals surface area contributed by atoms with Gasteiger partial charge in [0.25, 0.3) is 0 Å². The van der Waals surface area contributed by atoms with Crippen LogP contribution < -0.4 is 5.32 Å². The summed E-state index contributed by atoms with van der Waals surface area (Å²) >= 11 is 0. The number of hydrogen-bond donors (Lipinski definition) is 2. The molecule has 0 bridgehead atoms. The van der Waals surface area contributed by atoms with Gasteiger partial charge in [-0.3, -0.25) is 9.58 Å². The summed E-state index contributed by atoms with van der Waals surface area (Å²) < 4.78 is 43.0. The third-order valence-electron chi connectivity index (χ3n) is 6.36. The Labute approximate surface area is 184 Å². The first-order chi connectivity index (χ1) is 15.4. The Kier molecular flexibility index (Phi) is 5.53. The molecule has 168 valence electrons. The van der Waals surface area contributed by atoms with Crippen molar-refractivity contribution in [2.24, 2.45) is 0 Å². The Balaban J connectivity index is 1.37. The van der Waals surface area contributed by atoms with Crippen LogP contribution in [0.3, 0.4) is 0 Å². The first-order valence-electron chi connectivity index (χ1n) is 10.8. The van der Waals surface area contributed by atoms with Crippen molar-refractivity contribution in [2.45, 2.75) is 43.9 Å². The molecule has 3 heterocycles. The highest BCUT2D eigenvalue weighted by Crippen LogP contribution is 2.42. The second kappa shape index (κ2) is 8.35. The number of nitrogens with zero attached hydrogens (tertiary/aromatic N) is 3. The van der Waals surface area contributed by atoms with E-state index in [1.54, 1.807) is 0 Å². The van der Waals surface area contributed by atoms with E-state index < -0.39 is 18.2 Å². The highest BCUT2D eigenvalue weighted by molar-refractivity contribution is 5.38. The first kappa shape index (κ1) is 21.2. The maximum absolute atomic E-state index is 13.9. The monoisotopic (exact) mass is 442 g/mol. The van der Waals surface area contributed by atoms with Gasteiger partial charge in [-0.15, -0.1) is 0 Å². The van der Waals surface area contributed by atoms with E-state index in [4.69, 9.17) is 0 Å². The molecule has 0 aliphatic carbocycles. The van der Waals surface area contributed by atoms with E-state index in [2.05, 4.69) is 27.4 Å². The molecule has 1 aromatic heterocycles. The van der Waals surface area contributed by atoms with Crippen LogP contribution in [-0.4, -0.2) is 45.2 Å². The molecule has 3 aromatic rings. The van der Waals surface area contributed by atoms with E-state index in [1.807, 2.05) is 42.5 Å². The molecular weight excluding hydrogens is 417 g/mol. The highest BCUT2D eigenvalue weighted by Gasteiger charge is 2.47. The number of aromatic nitrogens is 2. The number of alkyl halides is 3. The summed E-state index contributed by atoms with van der Waals surface area (Å²) in [6, 6.07) is 17.2. The lowest BCUT2D eigenvalue weighted by molar-refractivity contribution is -0.152. The third-order valence-corrected chi connectivity index (χ3v) is 6.36. The van der Waals surface area contributed by atoms with Crippen LogP contribution in [0, 0.1) is 0 Å². The average molecular weight is 442 g/mol. The summed E-state index contributed by atoms with van der Waals surface area (Å²) in [5.74, 6) is -1.66. The Hall–Kier alpha value is -2.68. The zero-order valence-electron chi connectivity index (χ0n) is 17.5. The molecule has 0 spiro atoms. The van der Waals surface area contributed by atoms with Crippen molar-refractivity contribution in [3.63, 3.8) is 0 Å². The molecule has 2 aromatic carbocycles. The number of hydrogen-bond acceptors (Lipinski definition) is 4. The molecule has 2 N–H and O–H groups in total. The Morgan fingerprint density at radius 1 is 1.00 bits per heavy atom. The normalized spacial score (nSPS) is 21.9. The molecule has 5 nitrogen and oxygen atoms in total. The lowest BCUT2D eigenvalue weighted by Crippen LogP contribution is -2.41. The number of rotatable bonds is 5. The van der Waals surface area contributed by atoms with E-state index in [0.29, 0.717) is 12.1 Å². The molecule has 3 unspecified atom stereocenters. The minimum Gasteiger partial charge on any atom is -0.390 e. The van der Waals surface area contributed by atoms with Gasteiger partial charge in [-0.2, -0.15) is 18.3 Å². The summed E-state index contributed by atoms with van der Waals surface area (Å²) in [5.41, 5.74) is 4.01. The number of halogens is 3. The van der Waals surface area contributed by atoms with Gasteiger partial charge in [0, 0.05) is 31.7 Å². The van der Waals surface area contributed by atoms with Crippen LogP contribution >= 0.6 is 0 Å². The second-order valence-electron chi connectivity index (χ2n) is 8.61. The van der Waals surface area contributed by atoms with Crippen molar-refractivity contribution in [1.29, 1.82) is 0 Å². The highest BCUT2D eigenvalue weighted by atomic mass is 19.4. The Morgan fingerprint density at radius 3 is 2.31 bits per heavy atom. The molecule has 0 fully saturated rings. The molecule has 0 amide bonds. The van der Waals surface area contributed by atoms with Crippen molar-refractivity contribution in [3.05, 3.63) is 88.7 Å². The molecule has 0 radical (unpaired) electrons. The lowest BCUT2D eigenvalue weighted by atomic mass is 9.88. The van der Waals surface area contributed by atoms with Gasteiger partial charge in [-0.25, -0.2) is 0 Å². The molecular formula is C24H25F3N4O. The van der Waals surface area contributed by atoms with Crippen LogP contribution in [0.4, 0.5) is 13.2 Å². The fraction of sp³-hybridized carbons (Fsp3) is 0.375. The summed E-state index contributed by atoms with van der Waals surface area (Å²) in [6.07, 6.45) is -3.72. The third kappa shape index (κ3) is 4.05. The molecule has 8 heteroatoms. The zero-order valence-corrected chi connectivity index (χ0v) is 17.5. The maximum atomic E-state index is 13.9. The van der Waals surface area contributed by atoms with E-state index in [0.717, 1.165) is 18.7 Å². The Morgan fingerprint density at radius 2 is 1.66 bits per heavy atom. The second-order valence-corrected chi connectivity index (χ2v) is 8.61. The van der Waals surface area contributed by atoms with E-state index in [9.17, 15) is 18.3 Å². The topological polar surface area (TPSA) is 53.3 Å². The van der Waals surface area contributed by atoms with Crippen molar-refractivity contribution in [2.75, 3.05) is 13.1 Å². The SMILES string of the molecule is OC(CN1Cc2ccccc2C1)Cn1ncc2c1C(C(F)(F)F)CNC2c1ccccc1. The Bertz CT molecular complexity index is 1060. The number of β-amino-alcohol motifs (C(OH)–C–C–N with tert-alkyl or cyclic N) is 1. The van der Waals surface area contributed by atoms with E-state index >= 15 is 0 Å². The number of aliphatic hydroxyl groups is 1. The molecule has 3 atom stereocenters. The number of aliphatic hydroxyl groups excluding tert-OH is 1. The minimum absolute atomic E-state index is 0.0241. The van der Waals surface area contributed by atoms with Crippen LogP contribution in [0.2, 0.25) is 0 Å². The smallest absolute Gasteiger partial charge is 0.390 e. The molecule has 2 aliphatic heterocycles. The fourth-order valence-corrected chi connectivity index (χ4v) is 4.90. The minimum atomic E-state index is -4.40. The van der Waals surface area contributed by atoms with Crippen molar-refractivity contribution in [3.8, 4) is 0 Å². The molecule has 32 heavy (non-hydrogen) atoms. The lowest BCUT2D eigenvalue weighted by Gasteiger charge is -2.33. The van der Waals surface area contributed by atoms with Gasteiger partial charge >= 0.3 is 6.18 Å². The molecule has 0 saturated heterocycles. The van der Waals surface area contributed by atoms with Crippen LogP contribution in [0.1, 0.15) is 39.9 Å². The first-order valence-corrected chi connectivity index (χ1v) is 10.8. The van der Waals surface area contributed by atoms with Crippen molar-refractivity contribution < 1.29 is 18.3 Å². The van der Waals surface area contributed by atoms with Gasteiger partial charge in [0.05, 0.1) is 30.6 Å². The van der Waals surface area contributed by atoms with Gasteiger partial charge < -0.3 is 10.4 Å². The number of nitrogens with one attached hydrogen (secondary N) is 1. The number of fused-ring (bicyclic) bond motifs is 2. The van der Waals surface area contributed by atoms with E-state index in [-0.39, 0.29) is 24.8 Å². The molecule has 5 rings (SSSR count). The average Bonchev–Trinajstić information content (AvgIpc) is 3.37. The van der Waals surface area contributed by atoms with Crippen LogP contribution in [0.5, 0.6) is 0 Å². The van der Waals surface area contributed by atoms with Gasteiger partial charge in [0.15, 0.2) is 0 Å². The van der Waals surface area contributed by atoms with Gasteiger partial charge in [0.2, 0.25) is 0 Å². The zero-order chi connectivity index (χ0) is 22.3. The van der Waals surface area contributed by atoms with Gasteiger partial charge in [-0.1, -0.05) is 54.6 Å². The van der Waals surface area contributed by atoms with Crippen LogP contribution in [0.25, 0.3) is 0 Å². The van der Waals surface area contributed by atoms with Crippen molar-refractivity contribution >= 4 is 0 Å². The van der Waals surface area contributed by atoms with Gasteiger partial charge in [0.1, 0.15) is 5.92 Å². The maximum Gasteiger partial charge on any atom is 0.398 e. The summed E-state index contributed by atoms with van der Waals surface area (Å²) in [6.45, 7) is 1.64. The fourth-order valence-electron chi connectivity index (χ4n) is 4.90. The summed E-state index contributed by atoms with van der Waals surface area (Å²) in [4.78, 5) is 2.11. The number of benzene rings is 2. The largest absolute Gasteiger partial charge is 0.398 e. The summed E-state index contributed by atoms with van der Waals surface area (Å²) in [7, 11) is 0. The predicted octanol–water partition coefficient (Wildman–Crippen LogP) is 3.60. The molecule has 2 aliphatic rings. The predicted molar refractivity (Wildman–Crippen MR) is 114 cm³/mol. The van der Waals surface area contributed by atoms with Gasteiger partial charge in [-0.05, 0) is 16.7 Å². The summed E-state index contributed by atoms with van der Waals surface area (Å²) in [5, 5.41) is 18.1. The van der Waals surface area contributed by atoms with Crippen molar-refractivity contribution in [1.82, 2.24) is 20.0 Å². The van der Waals surface area contributed by atoms with E-state index in [1.165, 1.54) is 22.0 Å². The standard InChI is InChI=1S/C24H25F3N4O/c25-24(26,27)21-11-28-22(16-6-2-1-3-7-16)20-10-29-31(23(20)21)15-19(32)14-30-12-17-8-4-5-9-18(17)13-30/h1-10,19,21-22,28,32H,11-15H2. The quantitative estimate of drug-likeness (QED) is 0.634. The molecule has 0 saturated carbocycles. The van der Waals surface area contributed by atoms with Crippen LogP contribution in [-0.2, 0) is 19.6 Å².